The van der Waals surface area contributed by atoms with Crippen molar-refractivity contribution in [3.05, 3.63) is 0 Å². The lowest BCUT2D eigenvalue weighted by Crippen LogP contribution is -2.27. The fourth-order valence-corrected chi connectivity index (χ4v) is 2.54. The Hall–Kier alpha value is -0.0800. The van der Waals surface area contributed by atoms with E-state index in [9.17, 15) is 5.11 Å². The molecule has 1 spiro atoms. The van der Waals surface area contributed by atoms with E-state index in [1.165, 1.54) is 38.5 Å². The summed E-state index contributed by atoms with van der Waals surface area (Å²) < 4.78 is 5.72. The van der Waals surface area contributed by atoms with Crippen molar-refractivity contribution in [2.24, 2.45) is 0 Å². The second kappa shape index (κ2) is 3.35. The molecule has 1 saturated heterocycles. The van der Waals surface area contributed by atoms with Gasteiger partial charge in [0.05, 0.1) is 18.3 Å². The molecule has 2 aliphatic rings. The van der Waals surface area contributed by atoms with E-state index in [2.05, 4.69) is 0 Å². The van der Waals surface area contributed by atoms with Crippen LogP contribution in [-0.4, -0.2) is 23.4 Å². The van der Waals surface area contributed by atoms with Crippen LogP contribution in [0, 0.1) is 0 Å². The zero-order valence-corrected chi connectivity index (χ0v) is 7.59. The Morgan fingerprint density at radius 3 is 2.25 bits per heavy atom. The van der Waals surface area contributed by atoms with Crippen molar-refractivity contribution in [3.8, 4) is 0 Å². The van der Waals surface area contributed by atoms with Gasteiger partial charge < -0.3 is 9.84 Å². The molecule has 1 unspecified atom stereocenters. The Morgan fingerprint density at radius 2 is 1.75 bits per heavy atom. The van der Waals surface area contributed by atoms with Gasteiger partial charge >= 0.3 is 0 Å². The molecule has 2 heteroatoms. The van der Waals surface area contributed by atoms with Gasteiger partial charge in [-0.3, -0.25) is 0 Å². The van der Waals surface area contributed by atoms with E-state index >= 15 is 0 Å². The third kappa shape index (κ3) is 1.64. The molecule has 2 rings (SSSR count). The molecule has 1 heterocycles. The highest BCUT2D eigenvalue weighted by molar-refractivity contribution is 4.90. The van der Waals surface area contributed by atoms with Gasteiger partial charge in [-0.15, -0.1) is 0 Å². The largest absolute Gasteiger partial charge is 0.391 e. The molecule has 1 atom stereocenters. The van der Waals surface area contributed by atoms with Crippen molar-refractivity contribution < 1.29 is 9.84 Å². The first kappa shape index (κ1) is 8.52. The van der Waals surface area contributed by atoms with Crippen LogP contribution in [0.2, 0.25) is 0 Å². The molecule has 70 valence electrons. The highest BCUT2D eigenvalue weighted by Gasteiger charge is 2.39. The molecular weight excluding hydrogens is 152 g/mol. The maximum atomic E-state index is 9.41. The van der Waals surface area contributed by atoms with Crippen LogP contribution in [0.5, 0.6) is 0 Å². The van der Waals surface area contributed by atoms with Crippen LogP contribution in [0.3, 0.4) is 0 Å². The number of hydrogen-bond acceptors (Lipinski definition) is 2. The van der Waals surface area contributed by atoms with Gasteiger partial charge in [0.25, 0.3) is 0 Å². The van der Waals surface area contributed by atoms with Crippen molar-refractivity contribution in [3.63, 3.8) is 0 Å². The summed E-state index contributed by atoms with van der Waals surface area (Å²) in [6, 6.07) is 0. The van der Waals surface area contributed by atoms with Crippen molar-refractivity contribution in [2.45, 2.75) is 56.7 Å². The summed E-state index contributed by atoms with van der Waals surface area (Å²) in [4.78, 5) is 0. The van der Waals surface area contributed by atoms with Crippen LogP contribution in [0.25, 0.3) is 0 Å². The van der Waals surface area contributed by atoms with Gasteiger partial charge in [-0.05, 0) is 12.8 Å². The second-order valence-electron chi connectivity index (χ2n) is 4.27. The van der Waals surface area contributed by atoms with E-state index in [0.29, 0.717) is 6.61 Å². The molecule has 0 aromatic carbocycles. The maximum Gasteiger partial charge on any atom is 0.0801 e. The fraction of sp³-hybridized carbons (Fsp3) is 1.00. The fourth-order valence-electron chi connectivity index (χ4n) is 2.54. The maximum absolute atomic E-state index is 9.41. The SMILES string of the molecule is OC1COC2(CCCCCC2)C1. The zero-order valence-electron chi connectivity index (χ0n) is 7.59. The van der Waals surface area contributed by atoms with Crippen LogP contribution in [0.4, 0.5) is 0 Å². The van der Waals surface area contributed by atoms with Gasteiger partial charge in [-0.25, -0.2) is 0 Å². The van der Waals surface area contributed by atoms with Crippen LogP contribution in [0.15, 0.2) is 0 Å². The van der Waals surface area contributed by atoms with E-state index in [1.54, 1.807) is 0 Å². The minimum atomic E-state index is -0.192. The van der Waals surface area contributed by atoms with Crippen LogP contribution in [-0.2, 0) is 4.74 Å². The quantitative estimate of drug-likeness (QED) is 0.601. The summed E-state index contributed by atoms with van der Waals surface area (Å²) in [5.74, 6) is 0. The molecule has 2 nitrogen and oxygen atoms in total. The first-order chi connectivity index (χ1) is 5.81. The number of aliphatic hydroxyl groups is 1. The Bertz CT molecular complexity index is 148. The Labute approximate surface area is 73.9 Å². The number of hydrogen-bond donors (Lipinski definition) is 1. The zero-order chi connectivity index (χ0) is 8.44. The molecule has 1 N–H and O–H groups in total. The normalized spacial score (nSPS) is 35.2. The van der Waals surface area contributed by atoms with Crippen molar-refractivity contribution in [1.82, 2.24) is 0 Å². The minimum Gasteiger partial charge on any atom is -0.391 e. The number of rotatable bonds is 0. The lowest BCUT2D eigenvalue weighted by molar-refractivity contribution is -0.0102. The topological polar surface area (TPSA) is 29.5 Å². The summed E-state index contributed by atoms with van der Waals surface area (Å²) >= 11 is 0. The van der Waals surface area contributed by atoms with E-state index in [4.69, 9.17) is 4.74 Å². The van der Waals surface area contributed by atoms with Gasteiger partial charge in [-0.2, -0.15) is 0 Å². The standard InChI is InChI=1S/C10H18O2/c11-9-7-10(12-8-9)5-3-1-2-4-6-10/h9,11H,1-8H2. The molecular formula is C10H18O2. The predicted octanol–water partition coefficient (Wildman–Crippen LogP) is 1.86. The van der Waals surface area contributed by atoms with Gasteiger partial charge in [0, 0.05) is 6.42 Å². The molecule has 1 aliphatic heterocycles. The van der Waals surface area contributed by atoms with Crippen molar-refractivity contribution >= 4 is 0 Å². The first-order valence-electron chi connectivity index (χ1n) is 5.13. The van der Waals surface area contributed by atoms with Crippen molar-refractivity contribution in [2.75, 3.05) is 6.61 Å². The second-order valence-corrected chi connectivity index (χ2v) is 4.27. The summed E-state index contributed by atoms with van der Waals surface area (Å²) in [6.45, 7) is 0.569. The van der Waals surface area contributed by atoms with Gasteiger partial charge in [0.1, 0.15) is 0 Å². The van der Waals surface area contributed by atoms with E-state index in [-0.39, 0.29) is 11.7 Å². The molecule has 0 amide bonds. The molecule has 2 fully saturated rings. The average Bonchev–Trinajstić information content (AvgIpc) is 2.30. The van der Waals surface area contributed by atoms with Crippen LogP contribution < -0.4 is 0 Å². The molecule has 1 saturated carbocycles. The van der Waals surface area contributed by atoms with Gasteiger partial charge in [-0.1, -0.05) is 25.7 Å². The predicted molar refractivity (Wildman–Crippen MR) is 47.0 cm³/mol. The third-order valence-corrected chi connectivity index (χ3v) is 3.20. The van der Waals surface area contributed by atoms with Gasteiger partial charge in [0.2, 0.25) is 0 Å². The Kier molecular flexibility index (Phi) is 2.37. The number of aliphatic hydroxyl groups excluding tert-OH is 1. The lowest BCUT2D eigenvalue weighted by atomic mass is 9.91. The summed E-state index contributed by atoms with van der Waals surface area (Å²) in [5.41, 5.74) is 0.0793. The first-order valence-corrected chi connectivity index (χ1v) is 5.13. The van der Waals surface area contributed by atoms with Crippen LogP contribution >= 0.6 is 0 Å². The smallest absolute Gasteiger partial charge is 0.0801 e. The van der Waals surface area contributed by atoms with E-state index < -0.39 is 0 Å². The summed E-state index contributed by atoms with van der Waals surface area (Å²) in [7, 11) is 0. The Morgan fingerprint density at radius 1 is 1.08 bits per heavy atom. The van der Waals surface area contributed by atoms with E-state index in [1.807, 2.05) is 0 Å². The summed E-state index contributed by atoms with van der Waals surface area (Å²) in [6.07, 6.45) is 8.30. The molecule has 0 bridgehead atoms. The molecule has 12 heavy (non-hydrogen) atoms. The number of ether oxygens (including phenoxy) is 1. The molecule has 0 radical (unpaired) electrons. The monoisotopic (exact) mass is 170 g/mol. The Balaban J connectivity index is 1.98. The highest BCUT2D eigenvalue weighted by atomic mass is 16.5. The lowest BCUT2D eigenvalue weighted by Gasteiger charge is -2.26. The van der Waals surface area contributed by atoms with Crippen LogP contribution in [0.1, 0.15) is 44.9 Å². The van der Waals surface area contributed by atoms with Crippen molar-refractivity contribution in [1.29, 1.82) is 0 Å². The highest BCUT2D eigenvalue weighted by Crippen LogP contribution is 2.38. The minimum absolute atomic E-state index is 0.0793. The molecule has 1 aliphatic carbocycles. The van der Waals surface area contributed by atoms with E-state index in [0.717, 1.165) is 6.42 Å². The molecule has 0 aromatic heterocycles. The molecule has 0 aromatic rings. The summed E-state index contributed by atoms with van der Waals surface area (Å²) in [5, 5.41) is 9.41. The third-order valence-electron chi connectivity index (χ3n) is 3.20. The average molecular weight is 170 g/mol. The van der Waals surface area contributed by atoms with Gasteiger partial charge in [0.15, 0.2) is 0 Å².